The number of carbonyl (C=O) groups excluding carboxylic acids is 2. The maximum absolute atomic E-state index is 13.6. The van der Waals surface area contributed by atoms with E-state index < -0.39 is 42.0 Å². The van der Waals surface area contributed by atoms with E-state index in [1.807, 2.05) is 0 Å². The summed E-state index contributed by atoms with van der Waals surface area (Å²) >= 11 is 1.10. The van der Waals surface area contributed by atoms with Crippen LogP contribution < -0.4 is 5.32 Å². The molecule has 2 aromatic carbocycles. The SMILES string of the molecule is COC(=O)NC1CC(CO)N(C2=NC(=O)C(=Cc3ccc4c(cnn4Cc4ccc(C(F)(F)F)cc4C(F)(F)F)c3)S2)C1. The Morgan fingerprint density at radius 2 is 1.93 bits per heavy atom. The number of nitrogens with zero attached hydrogens (tertiary/aromatic N) is 4. The minimum atomic E-state index is -5.00. The average molecular weight is 628 g/mol. The van der Waals surface area contributed by atoms with Gasteiger partial charge in [-0.15, -0.1) is 0 Å². The number of halogens is 6. The summed E-state index contributed by atoms with van der Waals surface area (Å²) in [5, 5.41) is 17.5. The van der Waals surface area contributed by atoms with E-state index in [-0.39, 0.29) is 30.3 Å². The zero-order chi connectivity index (χ0) is 31.1. The van der Waals surface area contributed by atoms with Crippen molar-refractivity contribution in [3.05, 3.63) is 69.8 Å². The van der Waals surface area contributed by atoms with E-state index in [1.54, 1.807) is 29.2 Å². The second-order valence-corrected chi connectivity index (χ2v) is 10.9. The van der Waals surface area contributed by atoms with Crippen molar-refractivity contribution in [3.8, 4) is 0 Å². The molecule has 16 heteroatoms. The van der Waals surface area contributed by atoms with Crippen LogP contribution in [0.3, 0.4) is 0 Å². The highest BCUT2D eigenvalue weighted by Crippen LogP contribution is 2.38. The molecule has 0 saturated carbocycles. The molecule has 2 N–H and O–H groups in total. The number of methoxy groups -OCH3 is 1. The van der Waals surface area contributed by atoms with Crippen LogP contribution in [0, 0.1) is 0 Å². The van der Waals surface area contributed by atoms with Crippen LogP contribution in [-0.4, -0.2) is 69.3 Å². The smallest absolute Gasteiger partial charge is 0.416 e. The summed E-state index contributed by atoms with van der Waals surface area (Å²) in [5.41, 5.74) is -2.15. The van der Waals surface area contributed by atoms with Crippen molar-refractivity contribution < 1.29 is 45.8 Å². The van der Waals surface area contributed by atoms with Crippen LogP contribution in [0.1, 0.15) is 28.7 Å². The van der Waals surface area contributed by atoms with Gasteiger partial charge in [0.25, 0.3) is 5.91 Å². The molecule has 228 valence electrons. The molecule has 3 heterocycles. The lowest BCUT2D eigenvalue weighted by Crippen LogP contribution is -2.38. The number of thioether (sulfide) groups is 1. The Morgan fingerprint density at radius 1 is 1.16 bits per heavy atom. The molecule has 2 unspecified atom stereocenters. The predicted octanol–water partition coefficient (Wildman–Crippen LogP) is 4.88. The summed E-state index contributed by atoms with van der Waals surface area (Å²) < 4.78 is 85.8. The zero-order valence-corrected chi connectivity index (χ0v) is 23.1. The molecule has 5 rings (SSSR count). The van der Waals surface area contributed by atoms with Crippen LogP contribution in [0.25, 0.3) is 17.0 Å². The Bertz CT molecular complexity index is 1630. The number of aliphatic imine (C=N–C) groups is 1. The van der Waals surface area contributed by atoms with Crippen LogP contribution >= 0.6 is 11.8 Å². The van der Waals surface area contributed by atoms with Gasteiger partial charge in [0.1, 0.15) is 0 Å². The van der Waals surface area contributed by atoms with E-state index in [2.05, 4.69) is 20.1 Å². The van der Waals surface area contributed by atoms with E-state index in [1.165, 1.54) is 18.0 Å². The number of aromatic nitrogens is 2. The number of alkyl halides is 6. The van der Waals surface area contributed by atoms with Gasteiger partial charge in [0.05, 0.1) is 60.1 Å². The number of carbonyl (C=O) groups is 2. The van der Waals surface area contributed by atoms with E-state index in [0.29, 0.717) is 45.6 Å². The largest absolute Gasteiger partial charge is 0.453 e. The molecule has 9 nitrogen and oxygen atoms in total. The molecule has 0 aliphatic carbocycles. The quantitative estimate of drug-likeness (QED) is 0.307. The molecule has 2 aliphatic rings. The summed E-state index contributed by atoms with van der Waals surface area (Å²) in [4.78, 5) is 30.4. The topological polar surface area (TPSA) is 109 Å². The fraction of sp³-hybridized carbons (Fsp3) is 0.333. The van der Waals surface area contributed by atoms with Gasteiger partial charge in [0, 0.05) is 11.9 Å². The van der Waals surface area contributed by atoms with Gasteiger partial charge in [-0.1, -0.05) is 12.1 Å². The summed E-state index contributed by atoms with van der Waals surface area (Å²) in [6, 6.07) is 5.69. The highest BCUT2D eigenvalue weighted by atomic mass is 32.2. The van der Waals surface area contributed by atoms with Gasteiger partial charge in [0.15, 0.2) is 5.17 Å². The third-order valence-electron chi connectivity index (χ3n) is 7.01. The number of amidine groups is 1. The first-order valence-corrected chi connectivity index (χ1v) is 13.6. The standard InChI is InChI=1S/C27H23F6N5O4S/c1-42-25(41)35-18-9-19(13-39)37(12-18)24-36-23(40)22(43-24)7-14-2-5-21-16(6-14)10-34-38(21)11-15-3-4-17(26(28,29)30)8-20(15)27(31,32)33/h2-8,10,18-19,39H,9,11-13H2,1H3,(H,35,41). The monoisotopic (exact) mass is 627 g/mol. The summed E-state index contributed by atoms with van der Waals surface area (Å²) in [7, 11) is 1.24. The molecule has 2 amide bonds. The van der Waals surface area contributed by atoms with Crippen LogP contribution in [0.2, 0.25) is 0 Å². The van der Waals surface area contributed by atoms with Crippen molar-refractivity contribution in [1.29, 1.82) is 0 Å². The Labute approximate surface area is 244 Å². The van der Waals surface area contributed by atoms with Gasteiger partial charge in [-0.3, -0.25) is 9.48 Å². The number of alkyl carbamates (subject to hydrolysis) is 1. The van der Waals surface area contributed by atoms with Crippen molar-refractivity contribution in [2.45, 2.75) is 37.4 Å². The molecule has 2 aliphatic heterocycles. The maximum Gasteiger partial charge on any atom is 0.416 e. The number of ether oxygens (including phenoxy) is 1. The number of benzene rings is 2. The second-order valence-electron chi connectivity index (χ2n) is 9.86. The number of aliphatic hydroxyl groups excluding tert-OH is 1. The van der Waals surface area contributed by atoms with Crippen LogP contribution in [-0.2, 0) is 28.4 Å². The highest BCUT2D eigenvalue weighted by Gasteiger charge is 2.39. The van der Waals surface area contributed by atoms with E-state index in [9.17, 15) is 41.0 Å². The lowest BCUT2D eigenvalue weighted by atomic mass is 10.0. The minimum Gasteiger partial charge on any atom is -0.453 e. The third-order valence-corrected chi connectivity index (χ3v) is 8.03. The number of hydrogen-bond acceptors (Lipinski definition) is 7. The number of nitrogens with one attached hydrogen (secondary N) is 1. The van der Waals surface area contributed by atoms with Crippen LogP contribution in [0.15, 0.2) is 52.5 Å². The third kappa shape index (κ3) is 6.49. The van der Waals surface area contributed by atoms with Crippen molar-refractivity contribution in [2.75, 3.05) is 20.3 Å². The molecule has 3 aromatic rings. The van der Waals surface area contributed by atoms with Crippen molar-refractivity contribution in [2.24, 2.45) is 4.99 Å². The van der Waals surface area contributed by atoms with Gasteiger partial charge in [0.2, 0.25) is 0 Å². The molecule has 1 saturated heterocycles. The van der Waals surface area contributed by atoms with Gasteiger partial charge in [-0.05, 0) is 59.7 Å². The second kappa shape index (κ2) is 11.6. The van der Waals surface area contributed by atoms with Crippen molar-refractivity contribution in [1.82, 2.24) is 20.0 Å². The molecule has 0 radical (unpaired) electrons. The van der Waals surface area contributed by atoms with Crippen molar-refractivity contribution >= 4 is 45.9 Å². The number of hydrogen-bond donors (Lipinski definition) is 2. The van der Waals surface area contributed by atoms with Gasteiger partial charge in [-0.25, -0.2) is 4.79 Å². The first kappa shape index (κ1) is 30.4. The molecular formula is C27H23F6N5O4S. The van der Waals surface area contributed by atoms with Crippen LogP contribution in [0.4, 0.5) is 31.1 Å². The van der Waals surface area contributed by atoms with Gasteiger partial charge < -0.3 is 20.1 Å². The first-order chi connectivity index (χ1) is 20.3. The molecule has 0 spiro atoms. The average Bonchev–Trinajstić information content (AvgIpc) is 3.64. The number of aliphatic hydroxyl groups is 1. The summed E-state index contributed by atoms with van der Waals surface area (Å²) in [6.45, 7) is -0.327. The normalized spacial score (nSPS) is 20.3. The summed E-state index contributed by atoms with van der Waals surface area (Å²) in [6.07, 6.45) is -7.12. The molecular weight excluding hydrogens is 604 g/mol. The fourth-order valence-electron chi connectivity index (χ4n) is 4.96. The van der Waals surface area contributed by atoms with E-state index in [0.717, 1.165) is 17.8 Å². The first-order valence-electron chi connectivity index (χ1n) is 12.7. The maximum atomic E-state index is 13.6. The zero-order valence-electron chi connectivity index (χ0n) is 22.2. The molecule has 43 heavy (non-hydrogen) atoms. The molecule has 2 atom stereocenters. The molecule has 1 fully saturated rings. The molecule has 0 bridgehead atoms. The van der Waals surface area contributed by atoms with E-state index >= 15 is 0 Å². The van der Waals surface area contributed by atoms with Crippen molar-refractivity contribution in [3.63, 3.8) is 0 Å². The Kier molecular flexibility index (Phi) is 8.17. The lowest BCUT2D eigenvalue weighted by molar-refractivity contribution is -0.143. The summed E-state index contributed by atoms with van der Waals surface area (Å²) in [5.74, 6) is -0.501. The minimum absolute atomic E-state index is 0.0959. The Balaban J connectivity index is 1.34. The number of amides is 2. The Hall–Kier alpha value is -4.05. The van der Waals surface area contributed by atoms with Gasteiger partial charge in [-0.2, -0.15) is 36.4 Å². The predicted molar refractivity (Wildman–Crippen MR) is 145 cm³/mol. The lowest BCUT2D eigenvalue weighted by Gasteiger charge is -2.23. The van der Waals surface area contributed by atoms with E-state index in [4.69, 9.17) is 0 Å². The fourth-order valence-corrected chi connectivity index (χ4v) is 5.96. The van der Waals surface area contributed by atoms with Gasteiger partial charge >= 0.3 is 18.4 Å². The number of rotatable bonds is 5. The molecule has 1 aromatic heterocycles. The number of likely N-dealkylation sites (tertiary alicyclic amines) is 1. The van der Waals surface area contributed by atoms with Crippen LogP contribution in [0.5, 0.6) is 0 Å². The Morgan fingerprint density at radius 3 is 2.60 bits per heavy atom. The number of fused-ring (bicyclic) bond motifs is 1. The highest BCUT2D eigenvalue weighted by molar-refractivity contribution is 8.18.